The van der Waals surface area contributed by atoms with Crippen LogP contribution in [0.5, 0.6) is 0 Å². The van der Waals surface area contributed by atoms with Gasteiger partial charge in [-0.15, -0.1) is 0 Å². The van der Waals surface area contributed by atoms with Crippen molar-refractivity contribution in [3.8, 4) is 0 Å². The number of allylic oxidation sites excluding steroid dienone is 1. The largest absolute Gasteiger partial charge is 0.295 e. The zero-order chi connectivity index (χ0) is 20.4. The van der Waals surface area contributed by atoms with E-state index in [1.807, 2.05) is 0 Å². The minimum atomic E-state index is 0.311. The zero-order valence-electron chi connectivity index (χ0n) is 19.2. The highest BCUT2D eigenvalue weighted by Crippen LogP contribution is 2.67. The van der Waals surface area contributed by atoms with Crippen LogP contribution in [-0.4, -0.2) is 18.0 Å². The number of fused-ring (bicyclic) bond motifs is 5. The molecule has 160 valence electrons. The fourth-order valence-electron chi connectivity index (χ4n) is 8.86. The summed E-state index contributed by atoms with van der Waals surface area (Å²) in [5, 5.41) is 0. The van der Waals surface area contributed by atoms with E-state index in [0.29, 0.717) is 22.5 Å². The first-order valence-corrected chi connectivity index (χ1v) is 12.6. The van der Waals surface area contributed by atoms with Gasteiger partial charge in [0.25, 0.3) is 0 Å². The van der Waals surface area contributed by atoms with E-state index in [-0.39, 0.29) is 0 Å². The van der Waals surface area contributed by atoms with E-state index < -0.39 is 0 Å². The predicted molar refractivity (Wildman–Crippen MR) is 120 cm³/mol. The summed E-state index contributed by atoms with van der Waals surface area (Å²) in [6.45, 7) is 11.1. The lowest BCUT2D eigenvalue weighted by molar-refractivity contribution is -0.117. The first-order valence-electron chi connectivity index (χ1n) is 12.6. The number of rotatable bonds is 2. The van der Waals surface area contributed by atoms with Gasteiger partial charge in [0.05, 0.1) is 0 Å². The molecule has 8 atom stereocenters. The fourth-order valence-corrected chi connectivity index (χ4v) is 8.86. The molecule has 4 aliphatic carbocycles. The van der Waals surface area contributed by atoms with Crippen molar-refractivity contribution in [1.29, 1.82) is 0 Å². The van der Waals surface area contributed by atoms with Crippen molar-refractivity contribution >= 4 is 11.5 Å². The molecule has 29 heavy (non-hydrogen) atoms. The Bertz CT molecular complexity index is 750. The maximum absolute atomic E-state index is 12.1. The van der Waals surface area contributed by atoms with Crippen LogP contribution in [0, 0.1) is 46.3 Å². The maximum Gasteiger partial charge on any atom is 0.155 e. The normalized spacial score (nSPS) is 48.1. The van der Waals surface area contributed by atoms with Crippen LogP contribution in [0.15, 0.2) is 16.6 Å². The highest BCUT2D eigenvalue weighted by atomic mass is 16.1. The lowest BCUT2D eigenvalue weighted by Gasteiger charge is -2.58. The number of ketones is 1. The lowest BCUT2D eigenvalue weighted by atomic mass is 9.46. The molecule has 5 rings (SSSR count). The Kier molecular flexibility index (Phi) is 4.87. The van der Waals surface area contributed by atoms with Crippen LogP contribution in [0.4, 0.5) is 0 Å². The molecule has 2 nitrogen and oxygen atoms in total. The molecule has 0 unspecified atom stereocenters. The standard InChI is InChI=1S/C27H41NO/c1-17-5-10-25(28-16-17)18(2)22-8-9-23-21-7-6-19-15-20(29)11-13-26(19,3)24(21)12-14-27(22,23)4/h15,17-18,21-24H,5-14,16H2,1-4H3/t17-,18+,21-,22+,23-,24-,26-,27+/m0/s1. The molecule has 0 spiro atoms. The quantitative estimate of drug-likeness (QED) is 0.515. The third kappa shape index (κ3) is 3.02. The molecule has 0 bridgehead atoms. The van der Waals surface area contributed by atoms with E-state index in [4.69, 9.17) is 4.99 Å². The summed E-state index contributed by atoms with van der Waals surface area (Å²) in [6, 6.07) is 0. The molecule has 1 aliphatic heterocycles. The number of hydrogen-bond acceptors (Lipinski definition) is 2. The molecule has 0 radical (unpaired) electrons. The smallest absolute Gasteiger partial charge is 0.155 e. The van der Waals surface area contributed by atoms with Crippen LogP contribution in [-0.2, 0) is 4.79 Å². The van der Waals surface area contributed by atoms with Gasteiger partial charge in [0, 0.05) is 18.7 Å². The fraction of sp³-hybridized carbons (Fsp3) is 0.852. The average Bonchev–Trinajstić information content (AvgIpc) is 3.06. The second kappa shape index (κ2) is 7.06. The SMILES string of the molecule is C[C@H]1CCC([C@H](C)[C@H]2CC[C@H]3[C@@H]4CCC5=CC(=O)CC[C@]5(C)[C@H]4CC[C@]23C)=NC1. The maximum atomic E-state index is 12.1. The van der Waals surface area contributed by atoms with E-state index in [0.717, 1.165) is 49.0 Å². The topological polar surface area (TPSA) is 29.4 Å². The summed E-state index contributed by atoms with van der Waals surface area (Å²) in [4.78, 5) is 17.1. The van der Waals surface area contributed by atoms with Gasteiger partial charge in [-0.25, -0.2) is 0 Å². The van der Waals surface area contributed by atoms with E-state index >= 15 is 0 Å². The molecule has 0 amide bonds. The van der Waals surface area contributed by atoms with Crippen LogP contribution >= 0.6 is 0 Å². The van der Waals surface area contributed by atoms with Gasteiger partial charge < -0.3 is 0 Å². The van der Waals surface area contributed by atoms with Gasteiger partial charge in [0.2, 0.25) is 0 Å². The van der Waals surface area contributed by atoms with Gasteiger partial charge in [-0.1, -0.05) is 33.3 Å². The van der Waals surface area contributed by atoms with Crippen molar-refractivity contribution in [3.63, 3.8) is 0 Å². The summed E-state index contributed by atoms with van der Waals surface area (Å²) in [5.41, 5.74) is 3.87. The van der Waals surface area contributed by atoms with E-state index in [1.54, 1.807) is 5.71 Å². The third-order valence-corrected chi connectivity index (χ3v) is 10.7. The van der Waals surface area contributed by atoms with Crippen LogP contribution in [0.25, 0.3) is 0 Å². The third-order valence-electron chi connectivity index (χ3n) is 10.7. The molecule has 5 aliphatic rings. The van der Waals surface area contributed by atoms with Crippen molar-refractivity contribution in [2.75, 3.05) is 6.54 Å². The molecule has 0 aromatic carbocycles. The summed E-state index contributed by atoms with van der Waals surface area (Å²) < 4.78 is 0. The second-order valence-corrected chi connectivity index (χ2v) is 12.0. The lowest BCUT2D eigenvalue weighted by Crippen LogP contribution is -2.51. The van der Waals surface area contributed by atoms with Crippen molar-refractivity contribution in [1.82, 2.24) is 0 Å². The van der Waals surface area contributed by atoms with E-state index in [1.165, 1.54) is 56.9 Å². The molecule has 3 saturated carbocycles. The number of aliphatic imine (C=N–C) groups is 1. The van der Waals surface area contributed by atoms with Gasteiger partial charge in [-0.2, -0.15) is 0 Å². The minimum Gasteiger partial charge on any atom is -0.295 e. The molecule has 2 heteroatoms. The molecular formula is C27H41NO. The molecule has 0 aromatic rings. The van der Waals surface area contributed by atoms with Crippen LogP contribution in [0.1, 0.15) is 91.9 Å². The Morgan fingerprint density at radius 1 is 1.00 bits per heavy atom. The summed E-state index contributed by atoms with van der Waals surface area (Å²) >= 11 is 0. The van der Waals surface area contributed by atoms with Gasteiger partial charge in [0.15, 0.2) is 5.78 Å². The molecule has 0 saturated heterocycles. The molecule has 0 N–H and O–H groups in total. The zero-order valence-corrected chi connectivity index (χ0v) is 19.2. The summed E-state index contributed by atoms with van der Waals surface area (Å²) in [7, 11) is 0. The highest BCUT2D eigenvalue weighted by molar-refractivity contribution is 5.91. The van der Waals surface area contributed by atoms with Gasteiger partial charge in [-0.3, -0.25) is 9.79 Å². The van der Waals surface area contributed by atoms with Crippen molar-refractivity contribution < 1.29 is 4.79 Å². The van der Waals surface area contributed by atoms with Crippen molar-refractivity contribution in [3.05, 3.63) is 11.6 Å². The number of nitrogens with zero attached hydrogens (tertiary/aromatic N) is 1. The first kappa shape index (κ1) is 20.0. The van der Waals surface area contributed by atoms with E-state index in [2.05, 4.69) is 33.8 Å². The average molecular weight is 396 g/mol. The molecular weight excluding hydrogens is 354 g/mol. The summed E-state index contributed by atoms with van der Waals surface area (Å²) in [5.74, 6) is 5.27. The first-order chi connectivity index (χ1) is 13.8. The van der Waals surface area contributed by atoms with Crippen LogP contribution in [0.3, 0.4) is 0 Å². The Morgan fingerprint density at radius 3 is 2.59 bits per heavy atom. The molecule has 3 fully saturated rings. The predicted octanol–water partition coefficient (Wildman–Crippen LogP) is 6.64. The number of carbonyl (C=O) groups is 1. The Labute approximate surface area is 178 Å². The summed E-state index contributed by atoms with van der Waals surface area (Å²) in [6.07, 6.45) is 14.7. The van der Waals surface area contributed by atoms with Gasteiger partial charge >= 0.3 is 0 Å². The highest BCUT2D eigenvalue weighted by Gasteiger charge is 2.59. The Balaban J connectivity index is 1.39. The van der Waals surface area contributed by atoms with Gasteiger partial charge in [0.1, 0.15) is 0 Å². The van der Waals surface area contributed by atoms with Crippen molar-refractivity contribution in [2.45, 2.75) is 91.9 Å². The van der Waals surface area contributed by atoms with Crippen LogP contribution < -0.4 is 0 Å². The Morgan fingerprint density at radius 2 is 1.83 bits per heavy atom. The Hall–Kier alpha value is -0.920. The van der Waals surface area contributed by atoms with Gasteiger partial charge in [-0.05, 0) is 110 Å². The van der Waals surface area contributed by atoms with Crippen molar-refractivity contribution in [2.24, 2.45) is 51.3 Å². The van der Waals surface area contributed by atoms with Crippen LogP contribution in [0.2, 0.25) is 0 Å². The number of carbonyl (C=O) groups excluding carboxylic acids is 1. The monoisotopic (exact) mass is 395 g/mol. The second-order valence-electron chi connectivity index (χ2n) is 12.0. The number of hydrogen-bond donors (Lipinski definition) is 0. The molecule has 1 heterocycles. The molecule has 0 aromatic heterocycles. The van der Waals surface area contributed by atoms with E-state index in [9.17, 15) is 4.79 Å². The minimum absolute atomic E-state index is 0.311.